The molecule has 0 radical (unpaired) electrons. The molecule has 0 bridgehead atoms. The summed E-state index contributed by atoms with van der Waals surface area (Å²) >= 11 is 2.05. The first kappa shape index (κ1) is 21.0. The fraction of sp³-hybridized carbons (Fsp3) is 0.467. The molecule has 1 aromatic rings. The molecule has 2 aliphatic rings. The van der Waals surface area contributed by atoms with E-state index in [1.807, 2.05) is 0 Å². The van der Waals surface area contributed by atoms with Crippen LogP contribution in [0.3, 0.4) is 0 Å². The summed E-state index contributed by atoms with van der Waals surface area (Å²) in [4.78, 5) is 45.3. The number of guanidine groups is 1. The van der Waals surface area contributed by atoms with Crippen LogP contribution in [0, 0.1) is 11.8 Å². The van der Waals surface area contributed by atoms with Gasteiger partial charge in [-0.3, -0.25) is 14.9 Å². The summed E-state index contributed by atoms with van der Waals surface area (Å²) in [6.45, 7) is 3.03. The molecule has 1 saturated heterocycles. The van der Waals surface area contributed by atoms with Crippen molar-refractivity contribution >= 4 is 53.0 Å². The Kier molecular flexibility index (Phi) is 5.77. The van der Waals surface area contributed by atoms with Gasteiger partial charge in [-0.15, -0.1) is 0 Å². The van der Waals surface area contributed by atoms with Gasteiger partial charge in [0.2, 0.25) is 17.8 Å². The molecule has 0 unspecified atom stereocenters. The third kappa shape index (κ3) is 3.90. The first-order valence-corrected chi connectivity index (χ1v) is 10.1. The number of carboxylic acid groups (broad SMARTS) is 1. The Morgan fingerprint density at radius 3 is 2.72 bits per heavy atom. The highest BCUT2D eigenvalue weighted by molar-refractivity contribution is 8.04. The van der Waals surface area contributed by atoms with Gasteiger partial charge >= 0.3 is 5.97 Å². The third-order valence-corrected chi connectivity index (χ3v) is 6.61. The summed E-state index contributed by atoms with van der Waals surface area (Å²) < 4.78 is 4.40. The van der Waals surface area contributed by atoms with Crippen molar-refractivity contribution in [3.63, 3.8) is 0 Å². The Morgan fingerprint density at radius 1 is 1.45 bits per heavy atom. The minimum Gasteiger partial charge on any atom is -0.477 e. The number of rotatable bonds is 7. The van der Waals surface area contributed by atoms with E-state index < -0.39 is 35.8 Å². The number of nitrogens with one attached hydrogen (secondary N) is 1. The predicted octanol–water partition coefficient (Wildman–Crippen LogP) is -1.00. The van der Waals surface area contributed by atoms with Crippen molar-refractivity contribution in [1.29, 1.82) is 0 Å². The number of β-lactam (4-membered cyclic amide) rings is 1. The number of carbonyl (C=O) groups is 3. The maximum Gasteiger partial charge on any atom is 0.353 e. The first-order chi connectivity index (χ1) is 13.6. The van der Waals surface area contributed by atoms with Gasteiger partial charge in [0.1, 0.15) is 12.2 Å². The molecule has 3 rings (SSSR count). The molecule has 29 heavy (non-hydrogen) atoms. The summed E-state index contributed by atoms with van der Waals surface area (Å²) in [6.07, 6.45) is -0.876. The molecule has 2 amide bonds. The number of anilines is 1. The van der Waals surface area contributed by atoms with Crippen LogP contribution in [0.15, 0.2) is 19.9 Å². The number of carboxylic acids is 1. The monoisotopic (exact) mass is 441 g/mol. The first-order valence-electron chi connectivity index (χ1n) is 8.47. The maximum absolute atomic E-state index is 12.3. The van der Waals surface area contributed by atoms with E-state index in [9.17, 15) is 24.6 Å². The summed E-state index contributed by atoms with van der Waals surface area (Å²) in [7, 11) is 0. The predicted molar refractivity (Wildman–Crippen MR) is 105 cm³/mol. The SMILES string of the molecule is C[C@@H](O)[C@H]1C(=O)N2C(C(=O)O)=C(Sc3nc(NC(=O)CN=C(N)N)ns3)[C@H](C)[C@H]12. The Balaban J connectivity index is 1.77. The van der Waals surface area contributed by atoms with Gasteiger partial charge in [-0.05, 0) is 18.5 Å². The van der Waals surface area contributed by atoms with Crippen molar-refractivity contribution in [3.05, 3.63) is 10.6 Å². The smallest absolute Gasteiger partial charge is 0.353 e. The molecule has 0 saturated carbocycles. The zero-order valence-electron chi connectivity index (χ0n) is 15.4. The van der Waals surface area contributed by atoms with Crippen molar-refractivity contribution in [1.82, 2.24) is 14.3 Å². The second-order valence-corrected chi connectivity index (χ2v) is 8.59. The number of amides is 2. The van der Waals surface area contributed by atoms with Crippen LogP contribution < -0.4 is 16.8 Å². The summed E-state index contributed by atoms with van der Waals surface area (Å²) in [5.74, 6) is -3.27. The lowest BCUT2D eigenvalue weighted by atomic mass is 9.79. The van der Waals surface area contributed by atoms with Gasteiger partial charge in [0.05, 0.1) is 18.1 Å². The summed E-state index contributed by atoms with van der Waals surface area (Å²) in [5, 5.41) is 21.9. The van der Waals surface area contributed by atoms with E-state index >= 15 is 0 Å². The van der Waals surface area contributed by atoms with E-state index in [1.54, 1.807) is 6.92 Å². The van der Waals surface area contributed by atoms with Gasteiger partial charge in [0, 0.05) is 10.8 Å². The molecule has 4 atom stereocenters. The standard InChI is InChI=1S/C15H19N7O5S2/c1-4-8-7(5(2)23)11(25)22(8)9(12(26)27)10(4)28-15-20-14(21-29-15)19-6(24)3-18-13(16)17/h4-5,7-8,23H,3H2,1-2H3,(H,26,27)(H4,16,17,18)(H,19,21,24)/t4-,5-,7-,8-/m1/s1. The number of aromatic nitrogens is 2. The third-order valence-electron chi connectivity index (χ3n) is 4.57. The molecule has 156 valence electrons. The topological polar surface area (TPSA) is 197 Å². The van der Waals surface area contributed by atoms with Crippen molar-refractivity contribution in [3.8, 4) is 0 Å². The van der Waals surface area contributed by atoms with Crippen LogP contribution in [-0.2, 0) is 14.4 Å². The highest BCUT2D eigenvalue weighted by atomic mass is 32.2. The van der Waals surface area contributed by atoms with Crippen LogP contribution in [0.1, 0.15) is 13.8 Å². The molecule has 7 N–H and O–H groups in total. The molecule has 1 aromatic heterocycles. The van der Waals surface area contributed by atoms with Crippen molar-refractivity contribution in [2.24, 2.45) is 28.3 Å². The summed E-state index contributed by atoms with van der Waals surface area (Å²) in [5.41, 5.74) is 10.2. The molecule has 12 nitrogen and oxygen atoms in total. The Hall–Kier alpha value is -2.71. The molecule has 0 aromatic carbocycles. The van der Waals surface area contributed by atoms with Crippen LogP contribution in [0.4, 0.5) is 5.95 Å². The van der Waals surface area contributed by atoms with Crippen molar-refractivity contribution in [2.75, 3.05) is 11.9 Å². The molecule has 1 fully saturated rings. The average Bonchev–Trinajstić information content (AvgIpc) is 3.15. The van der Waals surface area contributed by atoms with Gasteiger partial charge < -0.3 is 26.6 Å². The van der Waals surface area contributed by atoms with Gasteiger partial charge in [0.15, 0.2) is 10.3 Å². The van der Waals surface area contributed by atoms with E-state index in [1.165, 1.54) is 11.8 Å². The van der Waals surface area contributed by atoms with E-state index in [0.29, 0.717) is 9.24 Å². The summed E-state index contributed by atoms with van der Waals surface area (Å²) in [6, 6.07) is -0.414. The zero-order chi connectivity index (χ0) is 21.5. The number of aliphatic carboxylic acids is 1. The number of aliphatic hydroxyl groups is 1. The number of nitrogens with two attached hydrogens (primary N) is 2. The normalized spacial score (nSPS) is 24.0. The molecule has 3 heterocycles. The molecule has 0 aliphatic carbocycles. The Morgan fingerprint density at radius 2 is 2.14 bits per heavy atom. The van der Waals surface area contributed by atoms with Gasteiger partial charge in [-0.1, -0.05) is 18.7 Å². The van der Waals surface area contributed by atoms with Gasteiger partial charge in [-0.2, -0.15) is 9.36 Å². The minimum atomic E-state index is -1.23. The fourth-order valence-corrected chi connectivity index (χ4v) is 5.22. The number of hydrogen-bond acceptors (Lipinski definition) is 9. The second kappa shape index (κ2) is 7.96. The fourth-order valence-electron chi connectivity index (χ4n) is 3.38. The average molecular weight is 441 g/mol. The van der Waals surface area contributed by atoms with Crippen LogP contribution in [0.5, 0.6) is 0 Å². The van der Waals surface area contributed by atoms with E-state index in [0.717, 1.165) is 23.3 Å². The largest absolute Gasteiger partial charge is 0.477 e. The lowest BCUT2D eigenvalue weighted by molar-refractivity contribution is -0.163. The van der Waals surface area contributed by atoms with Crippen LogP contribution in [0.2, 0.25) is 0 Å². The quantitative estimate of drug-likeness (QED) is 0.199. The van der Waals surface area contributed by atoms with Gasteiger partial charge in [0.25, 0.3) is 0 Å². The second-order valence-electron chi connectivity index (χ2n) is 6.55. The highest BCUT2D eigenvalue weighted by Gasteiger charge is 2.60. The van der Waals surface area contributed by atoms with Gasteiger partial charge in [-0.25, -0.2) is 9.79 Å². The van der Waals surface area contributed by atoms with Crippen LogP contribution in [0.25, 0.3) is 0 Å². The Bertz CT molecular complexity index is 924. The molecular formula is C15H19N7O5S2. The Labute approximate surface area is 173 Å². The highest BCUT2D eigenvalue weighted by Crippen LogP contribution is 2.52. The lowest BCUT2D eigenvalue weighted by Crippen LogP contribution is -2.63. The van der Waals surface area contributed by atoms with E-state index in [-0.39, 0.29) is 30.1 Å². The maximum atomic E-state index is 12.3. The number of aliphatic imine (C=N–C) groups is 1. The number of nitrogens with zero attached hydrogens (tertiary/aromatic N) is 4. The van der Waals surface area contributed by atoms with Crippen LogP contribution in [-0.4, -0.2) is 66.9 Å². The number of fused-ring (bicyclic) bond motifs is 1. The number of aliphatic hydroxyl groups excluding tert-OH is 1. The van der Waals surface area contributed by atoms with Crippen LogP contribution >= 0.6 is 23.3 Å². The zero-order valence-corrected chi connectivity index (χ0v) is 17.0. The number of carbonyl (C=O) groups excluding carboxylic acids is 2. The van der Waals surface area contributed by atoms with Crippen molar-refractivity contribution in [2.45, 2.75) is 30.3 Å². The molecular weight excluding hydrogens is 422 g/mol. The molecule has 0 spiro atoms. The van der Waals surface area contributed by atoms with E-state index in [2.05, 4.69) is 19.7 Å². The number of thioether (sulfide) groups is 1. The lowest BCUT2D eigenvalue weighted by Gasteiger charge is -2.46. The molecule has 14 heteroatoms. The van der Waals surface area contributed by atoms with Crippen molar-refractivity contribution < 1.29 is 24.6 Å². The van der Waals surface area contributed by atoms with E-state index in [4.69, 9.17) is 11.5 Å². The molecule has 2 aliphatic heterocycles. The minimum absolute atomic E-state index is 0.0395. The number of hydrogen-bond donors (Lipinski definition) is 5.